The maximum absolute atomic E-state index is 13.6. The highest BCUT2D eigenvalue weighted by atomic mass is 19.1. The molecular formula is C20H20FNO. The van der Waals surface area contributed by atoms with Crippen LogP contribution < -0.4 is 0 Å². The molecule has 1 saturated heterocycles. The third kappa shape index (κ3) is 1.95. The van der Waals surface area contributed by atoms with Gasteiger partial charge in [0.25, 0.3) is 0 Å². The van der Waals surface area contributed by atoms with Crippen molar-refractivity contribution in [2.24, 2.45) is 5.92 Å². The van der Waals surface area contributed by atoms with Gasteiger partial charge in [-0.05, 0) is 49.4 Å². The van der Waals surface area contributed by atoms with E-state index in [2.05, 4.69) is 26.0 Å². The predicted molar refractivity (Wildman–Crippen MR) is 87.4 cm³/mol. The molecule has 1 heterocycles. The van der Waals surface area contributed by atoms with Gasteiger partial charge in [0.15, 0.2) is 0 Å². The van der Waals surface area contributed by atoms with E-state index < -0.39 is 5.41 Å². The second kappa shape index (κ2) is 4.67. The molecule has 1 aliphatic heterocycles. The number of carbonyl (C=O) groups is 1. The zero-order valence-corrected chi connectivity index (χ0v) is 13.4. The number of fused-ring (bicyclic) bond motifs is 1. The number of piperidine rings is 1. The van der Waals surface area contributed by atoms with Gasteiger partial charge in [0, 0.05) is 6.54 Å². The lowest BCUT2D eigenvalue weighted by Crippen LogP contribution is -2.46. The SMILES string of the molecule is CC(C)(c1ccccc1)N1CC2CC2(c2cccc(F)c2)C1=O. The summed E-state index contributed by atoms with van der Waals surface area (Å²) in [6.07, 6.45) is 0.844. The molecule has 1 amide bonds. The van der Waals surface area contributed by atoms with E-state index in [0.29, 0.717) is 5.92 Å². The van der Waals surface area contributed by atoms with E-state index in [9.17, 15) is 9.18 Å². The average molecular weight is 309 g/mol. The maximum atomic E-state index is 13.6. The smallest absolute Gasteiger partial charge is 0.234 e. The van der Waals surface area contributed by atoms with E-state index >= 15 is 0 Å². The molecular weight excluding hydrogens is 289 g/mol. The Kier molecular flexibility index (Phi) is 2.93. The van der Waals surface area contributed by atoms with Crippen molar-refractivity contribution in [2.45, 2.75) is 31.2 Å². The van der Waals surface area contributed by atoms with E-state index in [1.54, 1.807) is 6.07 Å². The van der Waals surface area contributed by atoms with Crippen LogP contribution in [0, 0.1) is 11.7 Å². The molecule has 0 bridgehead atoms. The van der Waals surface area contributed by atoms with Crippen molar-refractivity contribution in [3.63, 3.8) is 0 Å². The van der Waals surface area contributed by atoms with E-state index in [-0.39, 0.29) is 17.3 Å². The molecule has 0 aromatic heterocycles. The minimum Gasteiger partial charge on any atom is -0.332 e. The highest BCUT2D eigenvalue weighted by Gasteiger charge is 2.69. The quantitative estimate of drug-likeness (QED) is 0.843. The summed E-state index contributed by atoms with van der Waals surface area (Å²) in [6, 6.07) is 16.7. The van der Waals surface area contributed by atoms with Gasteiger partial charge >= 0.3 is 0 Å². The lowest BCUT2D eigenvalue weighted by atomic mass is 9.90. The molecule has 2 aliphatic rings. The summed E-state index contributed by atoms with van der Waals surface area (Å²) < 4.78 is 13.6. The lowest BCUT2D eigenvalue weighted by Gasteiger charge is -2.38. The van der Waals surface area contributed by atoms with Crippen LogP contribution in [-0.2, 0) is 15.7 Å². The highest BCUT2D eigenvalue weighted by molar-refractivity contribution is 5.95. The van der Waals surface area contributed by atoms with Crippen molar-refractivity contribution >= 4 is 5.91 Å². The Morgan fingerprint density at radius 1 is 1.13 bits per heavy atom. The zero-order chi connectivity index (χ0) is 16.2. The Bertz CT molecular complexity index is 770. The Labute approximate surface area is 135 Å². The summed E-state index contributed by atoms with van der Waals surface area (Å²) in [5.41, 5.74) is 1.11. The van der Waals surface area contributed by atoms with E-state index in [0.717, 1.165) is 24.1 Å². The lowest BCUT2D eigenvalue weighted by molar-refractivity contribution is -0.136. The first-order chi connectivity index (χ1) is 11.0. The molecule has 2 aromatic carbocycles. The van der Waals surface area contributed by atoms with E-state index in [1.165, 1.54) is 12.1 Å². The van der Waals surface area contributed by atoms with E-state index in [4.69, 9.17) is 0 Å². The molecule has 118 valence electrons. The Morgan fingerprint density at radius 2 is 1.87 bits per heavy atom. The minimum atomic E-state index is -0.492. The Morgan fingerprint density at radius 3 is 2.57 bits per heavy atom. The fourth-order valence-electron chi connectivity index (χ4n) is 4.08. The fraction of sp³-hybridized carbons (Fsp3) is 0.350. The van der Waals surface area contributed by atoms with Gasteiger partial charge in [-0.2, -0.15) is 0 Å². The molecule has 2 fully saturated rings. The number of nitrogens with zero attached hydrogens (tertiary/aromatic N) is 1. The number of halogens is 1. The summed E-state index contributed by atoms with van der Waals surface area (Å²) in [5, 5.41) is 0. The maximum Gasteiger partial charge on any atom is 0.234 e. The number of hydrogen-bond donors (Lipinski definition) is 0. The van der Waals surface area contributed by atoms with Gasteiger partial charge in [0.2, 0.25) is 5.91 Å². The predicted octanol–water partition coefficient (Wildman–Crippen LogP) is 3.86. The molecule has 2 unspecified atom stereocenters. The van der Waals surface area contributed by atoms with Crippen LogP contribution in [0.15, 0.2) is 54.6 Å². The summed E-state index contributed by atoms with van der Waals surface area (Å²) in [4.78, 5) is 15.2. The van der Waals surface area contributed by atoms with Crippen LogP contribution in [0.3, 0.4) is 0 Å². The van der Waals surface area contributed by atoms with Gasteiger partial charge in [0.05, 0.1) is 11.0 Å². The number of benzene rings is 2. The van der Waals surface area contributed by atoms with Crippen molar-refractivity contribution in [2.75, 3.05) is 6.54 Å². The third-order valence-electron chi connectivity index (χ3n) is 5.63. The molecule has 0 N–H and O–H groups in total. The van der Waals surface area contributed by atoms with Crippen molar-refractivity contribution in [1.82, 2.24) is 4.90 Å². The first-order valence-electron chi connectivity index (χ1n) is 8.10. The first-order valence-corrected chi connectivity index (χ1v) is 8.10. The van der Waals surface area contributed by atoms with Crippen LogP contribution in [-0.4, -0.2) is 17.4 Å². The monoisotopic (exact) mass is 309 g/mol. The second-order valence-corrected chi connectivity index (χ2v) is 7.22. The largest absolute Gasteiger partial charge is 0.332 e. The molecule has 23 heavy (non-hydrogen) atoms. The first kappa shape index (κ1) is 14.4. The normalized spacial score (nSPS) is 26.3. The van der Waals surface area contributed by atoms with Crippen LogP contribution in [0.4, 0.5) is 4.39 Å². The summed E-state index contributed by atoms with van der Waals surface area (Å²) in [5.74, 6) is 0.179. The number of rotatable bonds is 3. The molecule has 0 spiro atoms. The van der Waals surface area contributed by atoms with Crippen molar-refractivity contribution in [1.29, 1.82) is 0 Å². The molecule has 4 rings (SSSR count). The topological polar surface area (TPSA) is 20.3 Å². The fourth-order valence-corrected chi connectivity index (χ4v) is 4.08. The highest BCUT2D eigenvalue weighted by Crippen LogP contribution is 2.61. The molecule has 1 aliphatic carbocycles. The molecule has 1 saturated carbocycles. The van der Waals surface area contributed by atoms with Crippen LogP contribution >= 0.6 is 0 Å². The van der Waals surface area contributed by atoms with E-state index in [1.807, 2.05) is 29.2 Å². The van der Waals surface area contributed by atoms with Crippen LogP contribution in [0.25, 0.3) is 0 Å². The average Bonchev–Trinajstić information content (AvgIpc) is 3.21. The van der Waals surface area contributed by atoms with Gasteiger partial charge in [-0.25, -0.2) is 4.39 Å². The van der Waals surface area contributed by atoms with Crippen LogP contribution in [0.1, 0.15) is 31.4 Å². The van der Waals surface area contributed by atoms with Crippen LogP contribution in [0.5, 0.6) is 0 Å². The number of likely N-dealkylation sites (tertiary alicyclic amines) is 1. The standard InChI is InChI=1S/C20H20FNO/c1-19(2,14-7-4-3-5-8-14)22-13-16-12-20(16,18(22)23)15-9-6-10-17(21)11-15/h3-11,16H,12-13H2,1-2H3. The number of amides is 1. The molecule has 2 atom stereocenters. The summed E-state index contributed by atoms with van der Waals surface area (Å²) >= 11 is 0. The van der Waals surface area contributed by atoms with Crippen LogP contribution in [0.2, 0.25) is 0 Å². The molecule has 3 heteroatoms. The van der Waals surface area contributed by atoms with Gasteiger partial charge in [-0.1, -0.05) is 42.5 Å². The molecule has 0 radical (unpaired) electrons. The summed E-state index contributed by atoms with van der Waals surface area (Å²) in [7, 11) is 0. The van der Waals surface area contributed by atoms with Crippen molar-refractivity contribution < 1.29 is 9.18 Å². The summed E-state index contributed by atoms with van der Waals surface area (Å²) in [6.45, 7) is 4.92. The van der Waals surface area contributed by atoms with Gasteiger partial charge < -0.3 is 4.90 Å². The van der Waals surface area contributed by atoms with Gasteiger partial charge in [-0.3, -0.25) is 4.79 Å². The number of carbonyl (C=O) groups excluding carboxylic acids is 1. The number of hydrogen-bond acceptors (Lipinski definition) is 1. The van der Waals surface area contributed by atoms with Gasteiger partial charge in [-0.15, -0.1) is 0 Å². The molecule has 2 nitrogen and oxygen atoms in total. The zero-order valence-electron chi connectivity index (χ0n) is 13.4. The molecule has 2 aromatic rings. The van der Waals surface area contributed by atoms with Crippen molar-refractivity contribution in [3.05, 3.63) is 71.5 Å². The third-order valence-corrected chi connectivity index (χ3v) is 5.63. The Balaban J connectivity index is 1.69. The van der Waals surface area contributed by atoms with Crippen molar-refractivity contribution in [3.8, 4) is 0 Å². The Hall–Kier alpha value is -2.16. The second-order valence-electron chi connectivity index (χ2n) is 7.22. The van der Waals surface area contributed by atoms with Gasteiger partial charge in [0.1, 0.15) is 5.82 Å². The minimum absolute atomic E-state index is 0.141.